The van der Waals surface area contributed by atoms with Gasteiger partial charge in [-0.3, -0.25) is 0 Å². The molecule has 0 atom stereocenters. The molecule has 0 aliphatic rings. The molecule has 0 saturated carbocycles. The van der Waals surface area contributed by atoms with Gasteiger partial charge in [-0.1, -0.05) is 6.07 Å². The van der Waals surface area contributed by atoms with E-state index in [1.807, 2.05) is 39.0 Å². The molecule has 0 unspecified atom stereocenters. The number of nitrogens with two attached hydrogens (primary N) is 1. The Morgan fingerprint density at radius 3 is 2.62 bits per heavy atom. The summed E-state index contributed by atoms with van der Waals surface area (Å²) in [5.41, 5.74) is 8.97. The molecule has 3 N–H and O–H groups in total. The normalized spacial score (nSPS) is 10.8. The van der Waals surface area contributed by atoms with Gasteiger partial charge in [-0.05, 0) is 66.5 Å². The van der Waals surface area contributed by atoms with Crippen molar-refractivity contribution in [1.29, 1.82) is 0 Å². The lowest BCUT2D eigenvalue weighted by molar-refractivity contribution is 0.244. The third-order valence-corrected chi connectivity index (χ3v) is 3.57. The minimum atomic E-state index is -0.289. The average Bonchev–Trinajstić information content (AvgIpc) is 2.40. The van der Waals surface area contributed by atoms with Crippen LogP contribution in [0, 0.1) is 12.7 Å². The number of nitrogens with one attached hydrogen (secondary N) is 1. The van der Waals surface area contributed by atoms with Crippen molar-refractivity contribution in [2.24, 2.45) is 0 Å². The number of benzene rings is 2. The zero-order valence-electron chi connectivity index (χ0n) is 12.2. The van der Waals surface area contributed by atoms with Gasteiger partial charge in [-0.2, -0.15) is 0 Å². The highest BCUT2D eigenvalue weighted by atomic mass is 79.9. The molecular weight excluding hydrogens is 335 g/mol. The van der Waals surface area contributed by atoms with Crippen LogP contribution in [0.3, 0.4) is 0 Å². The molecule has 0 saturated heterocycles. The van der Waals surface area contributed by atoms with E-state index in [1.54, 1.807) is 6.07 Å². The number of halogens is 2. The van der Waals surface area contributed by atoms with Crippen LogP contribution in [-0.4, -0.2) is 6.10 Å². The van der Waals surface area contributed by atoms with E-state index in [9.17, 15) is 4.39 Å². The van der Waals surface area contributed by atoms with Crippen molar-refractivity contribution in [3.63, 3.8) is 0 Å². The number of anilines is 3. The summed E-state index contributed by atoms with van der Waals surface area (Å²) < 4.78 is 19.5. The lowest BCUT2D eigenvalue weighted by Crippen LogP contribution is -2.08. The predicted octanol–water partition coefficient (Wildman–Crippen LogP) is 5.01. The van der Waals surface area contributed by atoms with Crippen molar-refractivity contribution in [2.45, 2.75) is 26.9 Å². The number of aryl methyl sites for hydroxylation is 1. The Morgan fingerprint density at radius 2 is 1.95 bits per heavy atom. The number of rotatable bonds is 4. The van der Waals surface area contributed by atoms with E-state index in [-0.39, 0.29) is 11.9 Å². The third kappa shape index (κ3) is 3.67. The SMILES string of the molecule is Cc1cc(F)c(Br)cc1Nc1cccc(OC(C)C)c1N. The summed E-state index contributed by atoms with van der Waals surface area (Å²) in [6.07, 6.45) is 0.0456. The molecule has 0 spiro atoms. The van der Waals surface area contributed by atoms with Crippen LogP contribution in [0.15, 0.2) is 34.8 Å². The first-order valence-electron chi connectivity index (χ1n) is 6.66. The second-order valence-electron chi connectivity index (χ2n) is 5.09. The largest absolute Gasteiger partial charge is 0.489 e. The molecule has 2 rings (SSSR count). The number of para-hydroxylation sites is 1. The summed E-state index contributed by atoms with van der Waals surface area (Å²) in [7, 11) is 0. The lowest BCUT2D eigenvalue weighted by Gasteiger charge is -2.17. The highest BCUT2D eigenvalue weighted by Crippen LogP contribution is 2.34. The Bertz CT molecular complexity index is 659. The van der Waals surface area contributed by atoms with Crippen LogP contribution in [0.4, 0.5) is 21.5 Å². The number of nitrogen functional groups attached to an aromatic ring is 1. The second kappa shape index (κ2) is 6.35. The van der Waals surface area contributed by atoms with Gasteiger partial charge in [0.05, 0.1) is 22.0 Å². The monoisotopic (exact) mass is 352 g/mol. The summed E-state index contributed by atoms with van der Waals surface area (Å²) in [5.74, 6) is 0.344. The standard InChI is InChI=1S/C16H18BrFN2O/c1-9(2)21-15-6-4-5-13(16(15)19)20-14-8-11(17)12(18)7-10(14)3/h4-9,20H,19H2,1-3H3. The van der Waals surface area contributed by atoms with Gasteiger partial charge in [0.1, 0.15) is 11.6 Å². The Hall–Kier alpha value is -1.75. The van der Waals surface area contributed by atoms with E-state index < -0.39 is 0 Å². The van der Waals surface area contributed by atoms with Crippen LogP contribution in [0.2, 0.25) is 0 Å². The highest BCUT2D eigenvalue weighted by molar-refractivity contribution is 9.10. The van der Waals surface area contributed by atoms with E-state index in [2.05, 4.69) is 21.2 Å². The molecule has 0 aliphatic heterocycles. The summed E-state index contributed by atoms with van der Waals surface area (Å²) in [6, 6.07) is 8.72. The van der Waals surface area contributed by atoms with Crippen molar-refractivity contribution in [2.75, 3.05) is 11.1 Å². The summed E-state index contributed by atoms with van der Waals surface area (Å²) >= 11 is 3.19. The Morgan fingerprint density at radius 1 is 1.24 bits per heavy atom. The first-order valence-corrected chi connectivity index (χ1v) is 7.45. The number of hydrogen-bond acceptors (Lipinski definition) is 3. The first-order chi connectivity index (χ1) is 9.88. The molecule has 2 aromatic carbocycles. The highest BCUT2D eigenvalue weighted by Gasteiger charge is 2.10. The lowest BCUT2D eigenvalue weighted by atomic mass is 10.1. The molecule has 0 bridgehead atoms. The molecule has 0 aliphatic carbocycles. The molecule has 0 heterocycles. The van der Waals surface area contributed by atoms with E-state index >= 15 is 0 Å². The molecular formula is C16H18BrFN2O. The minimum absolute atomic E-state index is 0.0456. The van der Waals surface area contributed by atoms with E-state index in [0.717, 1.165) is 16.9 Å². The van der Waals surface area contributed by atoms with Crippen LogP contribution in [-0.2, 0) is 0 Å². The zero-order chi connectivity index (χ0) is 15.6. The summed E-state index contributed by atoms with van der Waals surface area (Å²) in [5, 5.41) is 3.22. The molecule has 2 aromatic rings. The van der Waals surface area contributed by atoms with Crippen LogP contribution in [0.5, 0.6) is 5.75 Å². The van der Waals surface area contributed by atoms with Crippen LogP contribution < -0.4 is 15.8 Å². The second-order valence-corrected chi connectivity index (χ2v) is 5.94. The molecule has 0 radical (unpaired) electrons. The Kier molecular flexibility index (Phi) is 4.73. The summed E-state index contributed by atoms with van der Waals surface area (Å²) in [6.45, 7) is 5.73. The van der Waals surface area contributed by atoms with Crippen LogP contribution in [0.25, 0.3) is 0 Å². The third-order valence-electron chi connectivity index (χ3n) is 2.97. The topological polar surface area (TPSA) is 47.3 Å². The van der Waals surface area contributed by atoms with E-state index in [1.165, 1.54) is 6.07 Å². The number of hydrogen-bond donors (Lipinski definition) is 2. The maximum atomic E-state index is 13.5. The minimum Gasteiger partial charge on any atom is -0.489 e. The molecule has 112 valence electrons. The molecule has 3 nitrogen and oxygen atoms in total. The maximum absolute atomic E-state index is 13.5. The van der Waals surface area contributed by atoms with Gasteiger partial charge in [0, 0.05) is 5.69 Å². The summed E-state index contributed by atoms with van der Waals surface area (Å²) in [4.78, 5) is 0. The predicted molar refractivity (Wildman–Crippen MR) is 88.7 cm³/mol. The quantitative estimate of drug-likeness (QED) is 0.760. The maximum Gasteiger partial charge on any atom is 0.144 e. The average molecular weight is 353 g/mol. The molecule has 21 heavy (non-hydrogen) atoms. The van der Waals surface area contributed by atoms with Gasteiger partial charge >= 0.3 is 0 Å². The number of ether oxygens (including phenoxy) is 1. The fraction of sp³-hybridized carbons (Fsp3) is 0.250. The first kappa shape index (κ1) is 15.6. The van der Waals surface area contributed by atoms with E-state index in [0.29, 0.717) is 15.9 Å². The Balaban J connectivity index is 2.34. The van der Waals surface area contributed by atoms with Gasteiger partial charge in [-0.15, -0.1) is 0 Å². The van der Waals surface area contributed by atoms with Crippen molar-refractivity contribution < 1.29 is 9.13 Å². The van der Waals surface area contributed by atoms with Gasteiger partial charge in [-0.25, -0.2) is 4.39 Å². The molecule has 0 fully saturated rings. The van der Waals surface area contributed by atoms with Crippen molar-refractivity contribution >= 4 is 33.0 Å². The van der Waals surface area contributed by atoms with Gasteiger partial charge < -0.3 is 15.8 Å². The zero-order valence-corrected chi connectivity index (χ0v) is 13.8. The van der Waals surface area contributed by atoms with Gasteiger partial charge in [0.2, 0.25) is 0 Å². The smallest absolute Gasteiger partial charge is 0.144 e. The van der Waals surface area contributed by atoms with Crippen molar-refractivity contribution in [3.8, 4) is 5.75 Å². The Labute approximate surface area is 132 Å². The van der Waals surface area contributed by atoms with E-state index in [4.69, 9.17) is 10.5 Å². The molecule has 0 amide bonds. The van der Waals surface area contributed by atoms with Crippen molar-refractivity contribution in [1.82, 2.24) is 0 Å². The van der Waals surface area contributed by atoms with Gasteiger partial charge in [0.25, 0.3) is 0 Å². The van der Waals surface area contributed by atoms with Crippen LogP contribution >= 0.6 is 15.9 Å². The fourth-order valence-corrected chi connectivity index (χ4v) is 2.28. The van der Waals surface area contributed by atoms with Crippen molar-refractivity contribution in [3.05, 3.63) is 46.2 Å². The van der Waals surface area contributed by atoms with Crippen LogP contribution in [0.1, 0.15) is 19.4 Å². The molecule has 5 heteroatoms. The van der Waals surface area contributed by atoms with Gasteiger partial charge in [0.15, 0.2) is 0 Å². The fourth-order valence-electron chi connectivity index (χ4n) is 1.94. The molecule has 0 aromatic heterocycles.